The molecule has 1 aliphatic rings. The highest BCUT2D eigenvalue weighted by molar-refractivity contribution is 7.89. The Bertz CT molecular complexity index is 967. The zero-order valence-corrected chi connectivity index (χ0v) is 19.2. The van der Waals surface area contributed by atoms with E-state index in [4.69, 9.17) is 4.74 Å². The number of ether oxygens (including phenoxy) is 1. The Kier molecular flexibility index (Phi) is 7.83. The van der Waals surface area contributed by atoms with Crippen LogP contribution in [0.15, 0.2) is 53.4 Å². The Balaban J connectivity index is 1.58. The average molecular weight is 446 g/mol. The van der Waals surface area contributed by atoms with Gasteiger partial charge >= 0.3 is 0 Å². The number of carbonyl (C=O) groups is 1. The maximum atomic E-state index is 12.6. The molecule has 31 heavy (non-hydrogen) atoms. The van der Waals surface area contributed by atoms with Crippen molar-refractivity contribution in [1.29, 1.82) is 0 Å². The fourth-order valence-electron chi connectivity index (χ4n) is 3.74. The molecule has 1 unspecified atom stereocenters. The standard InChI is InChI=1S/C23H31N3O4S/c1-25(2)22(18-6-10-20(30-3)11-7-18)16-24-17-23(27)19-8-12-21(13-9-19)31(28,29)26-14-4-5-15-26/h6-13,22,24H,4-5,14-17H2,1-3H3. The van der Waals surface area contributed by atoms with Crippen LogP contribution in [0.4, 0.5) is 0 Å². The van der Waals surface area contributed by atoms with Crippen LogP contribution < -0.4 is 10.1 Å². The van der Waals surface area contributed by atoms with Crippen LogP contribution in [0, 0.1) is 0 Å². The molecule has 0 spiro atoms. The van der Waals surface area contributed by atoms with Crippen LogP contribution in [0.25, 0.3) is 0 Å². The third-order valence-corrected chi connectivity index (χ3v) is 7.54. The van der Waals surface area contributed by atoms with E-state index >= 15 is 0 Å². The van der Waals surface area contributed by atoms with Gasteiger partial charge in [-0.2, -0.15) is 4.31 Å². The second kappa shape index (κ2) is 10.4. The fraction of sp³-hybridized carbons (Fsp3) is 0.435. The monoisotopic (exact) mass is 445 g/mol. The van der Waals surface area contributed by atoms with E-state index in [0.29, 0.717) is 25.2 Å². The Hall–Kier alpha value is -2.26. The van der Waals surface area contributed by atoms with Crippen molar-refractivity contribution >= 4 is 15.8 Å². The van der Waals surface area contributed by atoms with Crippen molar-refractivity contribution in [1.82, 2.24) is 14.5 Å². The molecule has 2 aromatic carbocycles. The van der Waals surface area contributed by atoms with E-state index in [1.165, 1.54) is 16.4 Å². The fourth-order valence-corrected chi connectivity index (χ4v) is 5.26. The number of rotatable bonds is 10. The summed E-state index contributed by atoms with van der Waals surface area (Å²) in [6.45, 7) is 1.91. The molecule has 1 aliphatic heterocycles. The number of nitrogens with one attached hydrogen (secondary N) is 1. The number of ketones is 1. The molecule has 1 fully saturated rings. The molecule has 1 saturated heterocycles. The summed E-state index contributed by atoms with van der Waals surface area (Å²) in [5.74, 6) is 0.733. The molecule has 168 valence electrons. The van der Waals surface area contributed by atoms with Crippen LogP contribution in [0.2, 0.25) is 0 Å². The second-order valence-corrected chi connectivity index (χ2v) is 9.88. The van der Waals surface area contributed by atoms with Crippen LogP contribution in [-0.4, -0.2) is 70.8 Å². The molecule has 8 heteroatoms. The minimum absolute atomic E-state index is 0.0719. The molecule has 0 saturated carbocycles. The molecule has 0 radical (unpaired) electrons. The van der Waals surface area contributed by atoms with Crippen molar-refractivity contribution < 1.29 is 17.9 Å². The molecule has 0 amide bonds. The van der Waals surface area contributed by atoms with Gasteiger partial charge in [-0.1, -0.05) is 24.3 Å². The van der Waals surface area contributed by atoms with Crippen molar-refractivity contribution in [3.63, 3.8) is 0 Å². The van der Waals surface area contributed by atoms with E-state index in [9.17, 15) is 13.2 Å². The number of methoxy groups -OCH3 is 1. The van der Waals surface area contributed by atoms with Crippen molar-refractivity contribution in [3.05, 3.63) is 59.7 Å². The molecule has 7 nitrogen and oxygen atoms in total. The first-order chi connectivity index (χ1) is 14.8. The number of carbonyl (C=O) groups excluding carboxylic acids is 1. The summed E-state index contributed by atoms with van der Waals surface area (Å²) < 4.78 is 32.0. The average Bonchev–Trinajstić information content (AvgIpc) is 3.32. The van der Waals surface area contributed by atoms with Gasteiger partial charge < -0.3 is 15.0 Å². The summed E-state index contributed by atoms with van der Waals surface area (Å²) in [5.41, 5.74) is 1.63. The van der Waals surface area contributed by atoms with Gasteiger partial charge in [0.15, 0.2) is 5.78 Å². The quantitative estimate of drug-likeness (QED) is 0.567. The van der Waals surface area contributed by atoms with Crippen molar-refractivity contribution in [2.75, 3.05) is 47.4 Å². The summed E-state index contributed by atoms with van der Waals surface area (Å²) in [6.07, 6.45) is 1.79. The van der Waals surface area contributed by atoms with Gasteiger partial charge in [0.05, 0.1) is 18.6 Å². The van der Waals surface area contributed by atoms with Gasteiger partial charge in [-0.3, -0.25) is 4.79 Å². The van der Waals surface area contributed by atoms with Crippen molar-refractivity contribution in [3.8, 4) is 5.75 Å². The van der Waals surface area contributed by atoms with Crippen LogP contribution >= 0.6 is 0 Å². The number of likely N-dealkylation sites (N-methyl/N-ethyl adjacent to an activating group) is 1. The largest absolute Gasteiger partial charge is 0.497 e. The van der Waals surface area contributed by atoms with Gasteiger partial charge in [0.2, 0.25) is 10.0 Å². The number of sulfonamides is 1. The summed E-state index contributed by atoms with van der Waals surface area (Å²) in [6, 6.07) is 14.2. The number of hydrogen-bond acceptors (Lipinski definition) is 6. The zero-order chi connectivity index (χ0) is 22.4. The van der Waals surface area contributed by atoms with Gasteiger partial charge in [0.1, 0.15) is 5.75 Å². The van der Waals surface area contributed by atoms with Crippen LogP contribution in [-0.2, 0) is 10.0 Å². The second-order valence-electron chi connectivity index (χ2n) is 7.94. The van der Waals surface area contributed by atoms with Crippen LogP contribution in [0.5, 0.6) is 5.75 Å². The zero-order valence-electron chi connectivity index (χ0n) is 18.4. The van der Waals surface area contributed by atoms with Gasteiger partial charge in [0.25, 0.3) is 0 Å². The van der Waals surface area contributed by atoms with Crippen molar-refractivity contribution in [2.45, 2.75) is 23.8 Å². The maximum absolute atomic E-state index is 12.6. The number of nitrogens with zero attached hydrogens (tertiary/aromatic N) is 2. The van der Waals surface area contributed by atoms with E-state index in [2.05, 4.69) is 10.2 Å². The Morgan fingerprint density at radius 3 is 2.23 bits per heavy atom. The Morgan fingerprint density at radius 2 is 1.68 bits per heavy atom. The van der Waals surface area contributed by atoms with E-state index in [1.54, 1.807) is 19.2 Å². The molecule has 0 aliphatic carbocycles. The number of benzene rings is 2. The lowest BCUT2D eigenvalue weighted by Crippen LogP contribution is -2.33. The molecule has 0 aromatic heterocycles. The number of hydrogen-bond donors (Lipinski definition) is 1. The first-order valence-electron chi connectivity index (χ1n) is 10.5. The molecule has 3 rings (SSSR count). The third kappa shape index (κ3) is 5.71. The topological polar surface area (TPSA) is 78.9 Å². The predicted octanol–water partition coefficient (Wildman–Crippen LogP) is 2.55. The lowest BCUT2D eigenvalue weighted by atomic mass is 10.1. The smallest absolute Gasteiger partial charge is 0.243 e. The van der Waals surface area contributed by atoms with Crippen LogP contribution in [0.1, 0.15) is 34.8 Å². The Morgan fingerprint density at radius 1 is 1.06 bits per heavy atom. The highest BCUT2D eigenvalue weighted by atomic mass is 32.2. The lowest BCUT2D eigenvalue weighted by Gasteiger charge is -2.25. The predicted molar refractivity (Wildman–Crippen MR) is 121 cm³/mol. The molecular formula is C23H31N3O4S. The van der Waals surface area contributed by atoms with E-state index < -0.39 is 10.0 Å². The summed E-state index contributed by atoms with van der Waals surface area (Å²) in [4.78, 5) is 14.9. The Labute approximate surface area is 185 Å². The first-order valence-corrected chi connectivity index (χ1v) is 11.9. The molecule has 1 atom stereocenters. The summed E-state index contributed by atoms with van der Waals surface area (Å²) >= 11 is 0. The third-order valence-electron chi connectivity index (χ3n) is 5.63. The normalized spacial score (nSPS) is 15.9. The van der Waals surface area contributed by atoms with Gasteiger partial charge in [-0.05, 0) is 56.8 Å². The molecule has 2 aromatic rings. The van der Waals surface area contributed by atoms with E-state index in [0.717, 1.165) is 24.2 Å². The van der Waals surface area contributed by atoms with Gasteiger partial charge in [0, 0.05) is 31.2 Å². The van der Waals surface area contributed by atoms with Gasteiger partial charge in [-0.15, -0.1) is 0 Å². The highest BCUT2D eigenvalue weighted by Gasteiger charge is 2.27. The van der Waals surface area contributed by atoms with Crippen molar-refractivity contribution in [2.24, 2.45) is 0 Å². The van der Waals surface area contributed by atoms with Crippen LogP contribution in [0.3, 0.4) is 0 Å². The maximum Gasteiger partial charge on any atom is 0.243 e. The molecule has 1 heterocycles. The molecule has 0 bridgehead atoms. The van der Waals surface area contributed by atoms with E-state index in [-0.39, 0.29) is 23.3 Å². The minimum atomic E-state index is -3.46. The first kappa shape index (κ1) is 23.4. The minimum Gasteiger partial charge on any atom is -0.497 e. The lowest BCUT2D eigenvalue weighted by molar-refractivity contribution is 0.0988. The summed E-state index contributed by atoms with van der Waals surface area (Å²) in [5, 5.41) is 3.23. The summed E-state index contributed by atoms with van der Waals surface area (Å²) in [7, 11) is 2.17. The SMILES string of the molecule is COc1ccc(C(CNCC(=O)c2ccc(S(=O)(=O)N3CCCC3)cc2)N(C)C)cc1. The van der Waals surface area contributed by atoms with E-state index in [1.807, 2.05) is 38.4 Å². The molecular weight excluding hydrogens is 414 g/mol. The van der Waals surface area contributed by atoms with Gasteiger partial charge in [-0.25, -0.2) is 8.42 Å². The molecule has 1 N–H and O–H groups in total. The number of Topliss-reactive ketones (excluding diaryl/α,β-unsaturated/α-hetero) is 1. The highest BCUT2D eigenvalue weighted by Crippen LogP contribution is 2.22.